The molecule has 0 aromatic heterocycles. The summed E-state index contributed by atoms with van der Waals surface area (Å²) in [5.74, 6) is 0. The average Bonchev–Trinajstić information content (AvgIpc) is 2.17. The van der Waals surface area contributed by atoms with Gasteiger partial charge in [-0.05, 0) is 17.7 Å². The predicted molar refractivity (Wildman–Crippen MR) is 63.0 cm³/mol. The third-order valence-corrected chi connectivity index (χ3v) is 2.80. The first-order valence-electron chi connectivity index (χ1n) is 4.61. The van der Waals surface area contributed by atoms with E-state index in [4.69, 9.17) is 5.11 Å². The van der Waals surface area contributed by atoms with Gasteiger partial charge < -0.3 is 5.11 Å². The molecule has 0 aliphatic heterocycles. The topological polar surface area (TPSA) is 23.5 Å². The van der Waals surface area contributed by atoms with Gasteiger partial charge in [0.05, 0.1) is 12.2 Å². The fourth-order valence-electron chi connectivity index (χ4n) is 1.18. The van der Waals surface area contributed by atoms with Crippen molar-refractivity contribution in [3.8, 4) is 0 Å². The summed E-state index contributed by atoms with van der Waals surface area (Å²) in [6, 6.07) is 5.04. The zero-order chi connectivity index (χ0) is 12.2. The van der Waals surface area contributed by atoms with Gasteiger partial charge in [0, 0.05) is 36.0 Å². The van der Waals surface area contributed by atoms with Crippen molar-refractivity contribution >= 4 is 22.9 Å². The molecule has 0 radical (unpaired) electrons. The van der Waals surface area contributed by atoms with Gasteiger partial charge in [-0.1, -0.05) is 12.1 Å². The molecule has 90 valence electrons. The van der Waals surface area contributed by atoms with E-state index < -0.39 is 11.7 Å². The molecular weight excluding hydrogens is 334 g/mol. The molecule has 0 heterocycles. The van der Waals surface area contributed by atoms with Gasteiger partial charge in [-0.2, -0.15) is 13.2 Å². The molecule has 0 fully saturated rings. The first-order chi connectivity index (χ1) is 7.43. The van der Waals surface area contributed by atoms with Crippen LogP contribution in [-0.4, -0.2) is 21.4 Å². The van der Waals surface area contributed by atoms with E-state index in [1.165, 1.54) is 12.1 Å². The van der Waals surface area contributed by atoms with Gasteiger partial charge in [0.2, 0.25) is 0 Å². The standard InChI is InChI=1S/C10H11F3INO/c11-10(12,13)9-3-1-8(2-4-9)7-15(14)5-6-16/h1-4,16H,5-7H2. The number of hydrogen-bond acceptors (Lipinski definition) is 2. The van der Waals surface area contributed by atoms with Gasteiger partial charge in [0.25, 0.3) is 0 Å². The van der Waals surface area contributed by atoms with Crippen molar-refractivity contribution in [2.24, 2.45) is 0 Å². The molecule has 0 unspecified atom stereocenters. The highest BCUT2D eigenvalue weighted by Gasteiger charge is 2.29. The van der Waals surface area contributed by atoms with E-state index in [1.54, 1.807) is 3.11 Å². The van der Waals surface area contributed by atoms with Crippen molar-refractivity contribution in [1.82, 2.24) is 3.11 Å². The lowest BCUT2D eigenvalue weighted by atomic mass is 10.1. The van der Waals surface area contributed by atoms with Crippen LogP contribution in [0.4, 0.5) is 13.2 Å². The molecule has 0 saturated carbocycles. The first-order valence-corrected chi connectivity index (χ1v) is 5.57. The number of rotatable bonds is 4. The Morgan fingerprint density at radius 1 is 1.19 bits per heavy atom. The van der Waals surface area contributed by atoms with Crippen molar-refractivity contribution in [1.29, 1.82) is 0 Å². The van der Waals surface area contributed by atoms with E-state index in [0.717, 1.165) is 17.7 Å². The normalized spacial score (nSPS) is 12.1. The Hall–Kier alpha value is -0.340. The second kappa shape index (κ2) is 5.83. The second-order valence-electron chi connectivity index (χ2n) is 3.26. The van der Waals surface area contributed by atoms with Crippen LogP contribution in [0.5, 0.6) is 0 Å². The third-order valence-electron chi connectivity index (χ3n) is 1.98. The minimum absolute atomic E-state index is 0.0313. The van der Waals surface area contributed by atoms with E-state index in [2.05, 4.69) is 0 Å². The summed E-state index contributed by atoms with van der Waals surface area (Å²) in [5.41, 5.74) is 0.147. The fourth-order valence-corrected chi connectivity index (χ4v) is 1.79. The number of alkyl halides is 3. The van der Waals surface area contributed by atoms with Crippen LogP contribution < -0.4 is 0 Å². The van der Waals surface area contributed by atoms with Crippen LogP contribution >= 0.6 is 22.9 Å². The Bertz CT molecular complexity index is 326. The van der Waals surface area contributed by atoms with Crippen LogP contribution in [0.1, 0.15) is 11.1 Å². The lowest BCUT2D eigenvalue weighted by Crippen LogP contribution is -2.15. The van der Waals surface area contributed by atoms with E-state index in [0.29, 0.717) is 13.1 Å². The Kier molecular flexibility index (Phi) is 5.00. The molecule has 0 amide bonds. The van der Waals surface area contributed by atoms with E-state index in [1.807, 2.05) is 22.9 Å². The molecule has 0 aliphatic rings. The smallest absolute Gasteiger partial charge is 0.395 e. The molecule has 0 bridgehead atoms. The van der Waals surface area contributed by atoms with Gasteiger partial charge in [-0.15, -0.1) is 0 Å². The van der Waals surface area contributed by atoms with Crippen molar-refractivity contribution in [2.45, 2.75) is 12.7 Å². The molecule has 0 spiro atoms. The molecule has 0 atom stereocenters. The third kappa shape index (κ3) is 4.26. The quantitative estimate of drug-likeness (QED) is 0.670. The van der Waals surface area contributed by atoms with Crippen molar-refractivity contribution in [3.05, 3.63) is 35.4 Å². The second-order valence-corrected chi connectivity index (χ2v) is 4.63. The van der Waals surface area contributed by atoms with Crippen LogP contribution in [0.25, 0.3) is 0 Å². The van der Waals surface area contributed by atoms with E-state index in [9.17, 15) is 13.2 Å². The zero-order valence-electron chi connectivity index (χ0n) is 8.34. The minimum atomic E-state index is -4.28. The van der Waals surface area contributed by atoms with Crippen LogP contribution in [0.3, 0.4) is 0 Å². The number of aliphatic hydroxyl groups excluding tert-OH is 1. The SMILES string of the molecule is OCCN(I)Cc1ccc(C(F)(F)F)cc1. The predicted octanol–water partition coefficient (Wildman–Crippen LogP) is 2.85. The highest BCUT2D eigenvalue weighted by atomic mass is 127. The highest BCUT2D eigenvalue weighted by Crippen LogP contribution is 2.29. The molecule has 2 nitrogen and oxygen atoms in total. The van der Waals surface area contributed by atoms with Gasteiger partial charge in [-0.25, -0.2) is 3.11 Å². The first kappa shape index (κ1) is 13.7. The molecule has 0 aliphatic carbocycles. The van der Waals surface area contributed by atoms with Gasteiger partial charge in [0.1, 0.15) is 0 Å². The maximum absolute atomic E-state index is 12.3. The minimum Gasteiger partial charge on any atom is -0.395 e. The number of nitrogens with zero attached hydrogens (tertiary/aromatic N) is 1. The van der Waals surface area contributed by atoms with Gasteiger partial charge >= 0.3 is 6.18 Å². The van der Waals surface area contributed by atoms with Crippen molar-refractivity contribution in [2.75, 3.05) is 13.2 Å². The lowest BCUT2D eigenvalue weighted by Gasteiger charge is -2.13. The molecule has 1 N–H and O–H groups in total. The molecule has 1 aromatic rings. The summed E-state index contributed by atoms with van der Waals surface area (Å²) >= 11 is 2.02. The van der Waals surface area contributed by atoms with E-state index >= 15 is 0 Å². The Labute approximate surface area is 106 Å². The molecule has 1 rings (SSSR count). The summed E-state index contributed by atoms with van der Waals surface area (Å²) < 4.78 is 38.6. The fraction of sp³-hybridized carbons (Fsp3) is 0.400. The summed E-state index contributed by atoms with van der Waals surface area (Å²) in [7, 11) is 0. The van der Waals surface area contributed by atoms with Crippen molar-refractivity contribution < 1.29 is 18.3 Å². The summed E-state index contributed by atoms with van der Waals surface area (Å²) in [5, 5.41) is 8.67. The zero-order valence-corrected chi connectivity index (χ0v) is 10.5. The van der Waals surface area contributed by atoms with Gasteiger partial charge in [0.15, 0.2) is 0 Å². The number of benzene rings is 1. The monoisotopic (exact) mass is 345 g/mol. The number of aliphatic hydroxyl groups is 1. The molecule has 6 heteroatoms. The summed E-state index contributed by atoms with van der Waals surface area (Å²) in [6.45, 7) is 1.03. The summed E-state index contributed by atoms with van der Waals surface area (Å²) in [6.07, 6.45) is -4.28. The Balaban J connectivity index is 2.65. The van der Waals surface area contributed by atoms with Crippen LogP contribution in [0.2, 0.25) is 0 Å². The molecular formula is C10H11F3INO. The molecule has 16 heavy (non-hydrogen) atoms. The van der Waals surface area contributed by atoms with Crippen LogP contribution in [0.15, 0.2) is 24.3 Å². The Morgan fingerprint density at radius 3 is 2.19 bits per heavy atom. The number of hydrogen-bond donors (Lipinski definition) is 1. The average molecular weight is 345 g/mol. The highest BCUT2D eigenvalue weighted by molar-refractivity contribution is 14.1. The van der Waals surface area contributed by atoms with Gasteiger partial charge in [-0.3, -0.25) is 0 Å². The number of halogens is 4. The largest absolute Gasteiger partial charge is 0.416 e. The molecule has 1 aromatic carbocycles. The maximum Gasteiger partial charge on any atom is 0.416 e. The van der Waals surface area contributed by atoms with Crippen molar-refractivity contribution in [3.63, 3.8) is 0 Å². The summed E-state index contributed by atoms with van der Waals surface area (Å²) in [4.78, 5) is 0. The Morgan fingerprint density at radius 2 is 1.75 bits per heavy atom. The van der Waals surface area contributed by atoms with Crippen LogP contribution in [-0.2, 0) is 12.7 Å². The lowest BCUT2D eigenvalue weighted by molar-refractivity contribution is -0.137. The van der Waals surface area contributed by atoms with E-state index in [-0.39, 0.29) is 6.61 Å². The maximum atomic E-state index is 12.3. The molecule has 0 saturated heterocycles. The van der Waals surface area contributed by atoms with Crippen LogP contribution in [0, 0.1) is 0 Å².